The molecule has 2 aliphatic rings. The van der Waals surface area contributed by atoms with E-state index in [0.29, 0.717) is 5.15 Å². The van der Waals surface area contributed by atoms with Gasteiger partial charge in [-0.1, -0.05) is 23.7 Å². The molecule has 1 N–H and O–H groups in total. The molecule has 3 nitrogen and oxygen atoms in total. The van der Waals surface area contributed by atoms with Crippen molar-refractivity contribution >= 4 is 11.6 Å². The highest BCUT2D eigenvalue weighted by atomic mass is 35.5. The maximum atomic E-state index is 9.53. The van der Waals surface area contributed by atoms with Gasteiger partial charge in [0.1, 0.15) is 5.15 Å². The summed E-state index contributed by atoms with van der Waals surface area (Å²) in [6, 6.07) is 4.12. The first kappa shape index (κ1) is 11.1. The number of pyridine rings is 1. The van der Waals surface area contributed by atoms with Crippen molar-refractivity contribution in [2.45, 2.75) is 18.9 Å². The fourth-order valence-electron chi connectivity index (χ4n) is 2.99. The van der Waals surface area contributed by atoms with Crippen LogP contribution in [0.25, 0.3) is 0 Å². The molecule has 17 heavy (non-hydrogen) atoms. The Morgan fingerprint density at radius 2 is 2.41 bits per heavy atom. The lowest BCUT2D eigenvalue weighted by Gasteiger charge is -2.27. The van der Waals surface area contributed by atoms with Gasteiger partial charge in [0.05, 0.1) is 6.04 Å². The van der Waals surface area contributed by atoms with Crippen molar-refractivity contribution in [1.29, 1.82) is 0 Å². The molecule has 0 spiro atoms. The van der Waals surface area contributed by atoms with Crippen LogP contribution in [0, 0.1) is 5.92 Å². The molecular weight excluding hydrogens is 236 g/mol. The molecule has 4 heteroatoms. The minimum absolute atomic E-state index is 0.190. The number of fused-ring (bicyclic) bond motifs is 1. The molecule has 0 aliphatic carbocycles. The van der Waals surface area contributed by atoms with E-state index in [1.807, 2.05) is 12.1 Å². The molecule has 2 aliphatic heterocycles. The summed E-state index contributed by atoms with van der Waals surface area (Å²) in [6.45, 7) is 1.23. The summed E-state index contributed by atoms with van der Waals surface area (Å²) in [5.74, 6) is 0.239. The van der Waals surface area contributed by atoms with Crippen molar-refractivity contribution in [3.63, 3.8) is 0 Å². The van der Waals surface area contributed by atoms with E-state index >= 15 is 0 Å². The van der Waals surface area contributed by atoms with E-state index < -0.39 is 0 Å². The van der Waals surface area contributed by atoms with Gasteiger partial charge in [0.15, 0.2) is 0 Å². The third kappa shape index (κ3) is 1.74. The van der Waals surface area contributed by atoms with Crippen LogP contribution in [-0.2, 0) is 0 Å². The van der Waals surface area contributed by atoms with E-state index in [1.165, 1.54) is 5.70 Å². The lowest BCUT2D eigenvalue weighted by Crippen LogP contribution is -2.25. The molecule has 3 rings (SSSR count). The van der Waals surface area contributed by atoms with Crippen LogP contribution in [0.5, 0.6) is 0 Å². The average Bonchev–Trinajstić information content (AvgIpc) is 2.89. The molecule has 0 amide bonds. The van der Waals surface area contributed by atoms with Gasteiger partial charge in [0, 0.05) is 36.5 Å². The number of allylic oxidation sites excluding steroid dienone is 1. The summed E-state index contributed by atoms with van der Waals surface area (Å²) < 4.78 is 0. The number of hydrogen-bond acceptors (Lipinski definition) is 3. The van der Waals surface area contributed by atoms with E-state index in [-0.39, 0.29) is 18.6 Å². The summed E-state index contributed by atoms with van der Waals surface area (Å²) in [5.41, 5.74) is 2.40. The summed E-state index contributed by atoms with van der Waals surface area (Å²) in [6.07, 6.45) is 6.02. The maximum Gasteiger partial charge on any atom is 0.134 e. The summed E-state index contributed by atoms with van der Waals surface area (Å²) in [7, 11) is 0. The third-order valence-electron chi connectivity index (χ3n) is 3.71. The zero-order valence-electron chi connectivity index (χ0n) is 9.51. The van der Waals surface area contributed by atoms with Crippen LogP contribution in [0.1, 0.15) is 24.4 Å². The van der Waals surface area contributed by atoms with Crippen LogP contribution in [0.2, 0.25) is 5.15 Å². The number of aliphatic hydroxyl groups excluding tert-OH is 1. The van der Waals surface area contributed by atoms with Crippen molar-refractivity contribution in [2.24, 2.45) is 5.92 Å². The first-order valence-corrected chi connectivity index (χ1v) is 6.36. The minimum atomic E-state index is 0.190. The van der Waals surface area contributed by atoms with Crippen LogP contribution in [0.3, 0.4) is 0 Å². The topological polar surface area (TPSA) is 36.4 Å². The highest BCUT2D eigenvalue weighted by Crippen LogP contribution is 2.46. The highest BCUT2D eigenvalue weighted by molar-refractivity contribution is 6.30. The standard InChI is InChI=1S/C13H15ClN2O/c14-13-11(4-1-5-15-13)12-9(8-17)7-10-3-2-6-16(10)12/h1,3-5,9,12,17H,2,6-8H2/t9-,12-/m1/s1. The molecule has 0 bridgehead atoms. The van der Waals surface area contributed by atoms with Crippen molar-refractivity contribution in [3.05, 3.63) is 40.8 Å². The quantitative estimate of drug-likeness (QED) is 0.819. The fraction of sp³-hybridized carbons (Fsp3) is 0.462. The Labute approximate surface area is 106 Å². The molecule has 1 fully saturated rings. The SMILES string of the molecule is OC[C@H]1CC2=CCCN2[C@H]1c1cccnc1Cl. The van der Waals surface area contributed by atoms with E-state index in [2.05, 4.69) is 16.0 Å². The maximum absolute atomic E-state index is 9.53. The van der Waals surface area contributed by atoms with Gasteiger partial charge >= 0.3 is 0 Å². The predicted octanol–water partition coefficient (Wildman–Crippen LogP) is 2.38. The Morgan fingerprint density at radius 1 is 1.53 bits per heavy atom. The van der Waals surface area contributed by atoms with Gasteiger partial charge in [-0.3, -0.25) is 0 Å². The van der Waals surface area contributed by atoms with E-state index in [9.17, 15) is 5.11 Å². The van der Waals surface area contributed by atoms with Gasteiger partial charge in [-0.25, -0.2) is 4.98 Å². The molecule has 1 saturated heterocycles. The number of hydrogen-bond donors (Lipinski definition) is 1. The normalized spacial score (nSPS) is 27.2. The number of nitrogens with zero attached hydrogens (tertiary/aromatic N) is 2. The fourth-order valence-corrected chi connectivity index (χ4v) is 3.22. The molecule has 2 atom stereocenters. The number of aliphatic hydroxyl groups is 1. The lowest BCUT2D eigenvalue weighted by atomic mass is 9.94. The molecule has 1 aromatic heterocycles. The molecule has 0 saturated carbocycles. The van der Waals surface area contributed by atoms with E-state index in [4.69, 9.17) is 11.6 Å². The highest BCUT2D eigenvalue weighted by Gasteiger charge is 2.40. The van der Waals surface area contributed by atoms with Gasteiger partial charge < -0.3 is 10.0 Å². The summed E-state index contributed by atoms with van der Waals surface area (Å²) in [4.78, 5) is 6.51. The zero-order chi connectivity index (χ0) is 11.8. The molecule has 1 aromatic rings. The van der Waals surface area contributed by atoms with Gasteiger partial charge in [-0.15, -0.1) is 0 Å². The zero-order valence-corrected chi connectivity index (χ0v) is 10.3. The first-order chi connectivity index (χ1) is 8.31. The second-order valence-corrected chi connectivity index (χ2v) is 5.01. The molecule has 90 valence electrons. The van der Waals surface area contributed by atoms with E-state index in [1.54, 1.807) is 6.20 Å². The van der Waals surface area contributed by atoms with Crippen molar-refractivity contribution in [2.75, 3.05) is 13.2 Å². The van der Waals surface area contributed by atoms with Crippen LogP contribution in [0.15, 0.2) is 30.1 Å². The predicted molar refractivity (Wildman–Crippen MR) is 66.6 cm³/mol. The van der Waals surface area contributed by atoms with E-state index in [0.717, 1.165) is 24.9 Å². The van der Waals surface area contributed by atoms with Crippen molar-refractivity contribution < 1.29 is 5.11 Å². The minimum Gasteiger partial charge on any atom is -0.396 e. The Hall–Kier alpha value is -1.06. The summed E-state index contributed by atoms with van der Waals surface area (Å²) in [5, 5.41) is 10.1. The Morgan fingerprint density at radius 3 is 3.18 bits per heavy atom. The third-order valence-corrected chi connectivity index (χ3v) is 4.03. The molecular formula is C13H15ClN2O. The number of halogens is 1. The van der Waals surface area contributed by atoms with Crippen LogP contribution in [-0.4, -0.2) is 28.1 Å². The second-order valence-electron chi connectivity index (χ2n) is 4.65. The monoisotopic (exact) mass is 250 g/mol. The largest absolute Gasteiger partial charge is 0.396 e. The first-order valence-electron chi connectivity index (χ1n) is 5.98. The van der Waals surface area contributed by atoms with Crippen molar-refractivity contribution in [3.8, 4) is 0 Å². The Balaban J connectivity index is 2.00. The summed E-state index contributed by atoms with van der Waals surface area (Å²) >= 11 is 6.18. The van der Waals surface area contributed by atoms with Crippen LogP contribution in [0.4, 0.5) is 0 Å². The van der Waals surface area contributed by atoms with Gasteiger partial charge in [0.2, 0.25) is 0 Å². The number of rotatable bonds is 2. The van der Waals surface area contributed by atoms with Crippen LogP contribution < -0.4 is 0 Å². The lowest BCUT2D eigenvalue weighted by molar-refractivity contribution is 0.176. The molecule has 0 unspecified atom stereocenters. The second kappa shape index (κ2) is 4.31. The Bertz CT molecular complexity index is 460. The molecule has 0 radical (unpaired) electrons. The van der Waals surface area contributed by atoms with Crippen LogP contribution >= 0.6 is 11.6 Å². The number of aromatic nitrogens is 1. The van der Waals surface area contributed by atoms with Gasteiger partial charge in [0.25, 0.3) is 0 Å². The molecule has 3 heterocycles. The molecule has 0 aromatic carbocycles. The average molecular weight is 251 g/mol. The van der Waals surface area contributed by atoms with Gasteiger partial charge in [-0.05, 0) is 18.9 Å². The van der Waals surface area contributed by atoms with Gasteiger partial charge in [-0.2, -0.15) is 0 Å². The Kier molecular flexibility index (Phi) is 2.81. The smallest absolute Gasteiger partial charge is 0.134 e. The van der Waals surface area contributed by atoms with Crippen molar-refractivity contribution in [1.82, 2.24) is 9.88 Å².